The molecule has 12 aliphatic rings. The molecule has 0 spiro atoms. The first-order valence-electron chi connectivity index (χ1n) is 18.5. The van der Waals surface area contributed by atoms with Crippen LogP contribution in [0.25, 0.3) is 0 Å². The monoisotopic (exact) mass is 552 g/mol. The molecule has 12 saturated carbocycles. The third-order valence-corrected chi connectivity index (χ3v) is 15.8. The van der Waals surface area contributed by atoms with Gasteiger partial charge in [0.2, 0.25) is 0 Å². The lowest BCUT2D eigenvalue weighted by molar-refractivity contribution is -0.0194. The Balaban J connectivity index is 1.24. The summed E-state index contributed by atoms with van der Waals surface area (Å²) >= 11 is 0. The van der Waals surface area contributed by atoms with E-state index in [1.165, 1.54) is 127 Å². The predicted molar refractivity (Wildman–Crippen MR) is 166 cm³/mol. The van der Waals surface area contributed by atoms with Crippen LogP contribution in [-0.2, 0) is 21.7 Å². The molecule has 1 aromatic carbocycles. The molecule has 12 bridgehead atoms. The molecule has 13 rings (SSSR count). The van der Waals surface area contributed by atoms with Crippen LogP contribution in [0.1, 0.15) is 159 Å². The van der Waals surface area contributed by atoms with Crippen LogP contribution < -0.4 is 0 Å². The Morgan fingerprint density at radius 1 is 0.488 bits per heavy atom. The van der Waals surface area contributed by atoms with Gasteiger partial charge in [0, 0.05) is 11.1 Å². The fourth-order valence-corrected chi connectivity index (χ4v) is 16.1. The SMILES string of the molecule is CC(C)(C)c1c(O)c(C23CC4CC(CC(C4)C2)C3)cc(C23CC4CC(CC(C4)C2)C3)c1C12CC3CC(CC(C3)C1)C2. The summed E-state index contributed by atoms with van der Waals surface area (Å²) in [6.07, 6.45) is 26.3. The third-order valence-electron chi connectivity index (χ3n) is 15.8. The third kappa shape index (κ3) is 3.48. The van der Waals surface area contributed by atoms with Crippen LogP contribution >= 0.6 is 0 Å². The average molecular weight is 553 g/mol. The number of benzene rings is 1. The number of rotatable bonds is 3. The maximum atomic E-state index is 12.9. The molecule has 1 aromatic rings. The smallest absolute Gasteiger partial charge is 0.123 e. The van der Waals surface area contributed by atoms with E-state index in [0.717, 1.165) is 59.0 Å². The van der Waals surface area contributed by atoms with Crippen molar-refractivity contribution in [3.05, 3.63) is 28.3 Å². The van der Waals surface area contributed by atoms with Gasteiger partial charge in [0.05, 0.1) is 0 Å². The predicted octanol–water partition coefficient (Wildman–Crippen LogP) is 10.1. The minimum absolute atomic E-state index is 0.0158. The molecule has 0 radical (unpaired) electrons. The summed E-state index contributed by atoms with van der Waals surface area (Å²) in [5.41, 5.74) is 7.54. The molecule has 0 atom stereocenters. The number of phenolic OH excluding ortho intramolecular Hbond substituents is 1. The molecule has 0 aromatic heterocycles. The van der Waals surface area contributed by atoms with Gasteiger partial charge in [-0.25, -0.2) is 0 Å². The van der Waals surface area contributed by atoms with E-state index in [4.69, 9.17) is 0 Å². The van der Waals surface area contributed by atoms with Crippen LogP contribution in [-0.4, -0.2) is 5.11 Å². The van der Waals surface area contributed by atoms with Crippen LogP contribution in [0.15, 0.2) is 6.07 Å². The van der Waals surface area contributed by atoms with Gasteiger partial charge in [-0.15, -0.1) is 0 Å². The minimum Gasteiger partial charge on any atom is -0.507 e. The van der Waals surface area contributed by atoms with Gasteiger partial charge in [-0.2, -0.15) is 0 Å². The van der Waals surface area contributed by atoms with Gasteiger partial charge >= 0.3 is 0 Å². The van der Waals surface area contributed by atoms with Gasteiger partial charge < -0.3 is 5.11 Å². The molecule has 12 aliphatic carbocycles. The molecule has 41 heavy (non-hydrogen) atoms. The van der Waals surface area contributed by atoms with E-state index in [1.807, 2.05) is 5.56 Å². The first-order chi connectivity index (χ1) is 19.6. The normalized spacial score (nSPS) is 52.1. The molecule has 1 heteroatoms. The van der Waals surface area contributed by atoms with Crippen molar-refractivity contribution < 1.29 is 5.11 Å². The zero-order valence-corrected chi connectivity index (χ0v) is 26.4. The Kier molecular flexibility index (Phi) is 4.94. The lowest BCUT2D eigenvalue weighted by Gasteiger charge is -2.62. The Hall–Kier alpha value is -0.980. The summed E-state index contributed by atoms with van der Waals surface area (Å²) < 4.78 is 0. The van der Waals surface area contributed by atoms with Crippen molar-refractivity contribution in [3.8, 4) is 5.75 Å². The number of hydrogen-bond donors (Lipinski definition) is 1. The van der Waals surface area contributed by atoms with Gasteiger partial charge in [0.15, 0.2) is 0 Å². The molecule has 0 unspecified atom stereocenters. The second kappa shape index (κ2) is 7.99. The van der Waals surface area contributed by atoms with Crippen LogP contribution in [0.3, 0.4) is 0 Å². The zero-order valence-electron chi connectivity index (χ0n) is 26.4. The van der Waals surface area contributed by atoms with Crippen LogP contribution in [0, 0.1) is 53.3 Å². The van der Waals surface area contributed by atoms with Crippen molar-refractivity contribution in [1.29, 1.82) is 0 Å². The van der Waals surface area contributed by atoms with Crippen molar-refractivity contribution in [2.24, 2.45) is 53.3 Å². The number of aromatic hydroxyl groups is 1. The highest BCUT2D eigenvalue weighted by Gasteiger charge is 2.60. The van der Waals surface area contributed by atoms with E-state index in [0.29, 0.717) is 10.8 Å². The maximum absolute atomic E-state index is 12.9. The summed E-state index contributed by atoms with van der Waals surface area (Å²) in [6, 6.07) is 2.83. The lowest BCUT2D eigenvalue weighted by Crippen LogP contribution is -2.53. The highest BCUT2D eigenvalue weighted by molar-refractivity contribution is 5.61. The van der Waals surface area contributed by atoms with Crippen molar-refractivity contribution in [1.82, 2.24) is 0 Å². The maximum Gasteiger partial charge on any atom is 0.123 e. The average Bonchev–Trinajstić information content (AvgIpc) is 2.85. The first-order valence-corrected chi connectivity index (χ1v) is 18.5. The lowest BCUT2D eigenvalue weighted by atomic mass is 9.42. The summed E-state index contributed by atoms with van der Waals surface area (Å²) in [6.45, 7) is 7.41. The van der Waals surface area contributed by atoms with Crippen LogP contribution in [0.2, 0.25) is 0 Å². The highest BCUT2D eigenvalue weighted by atomic mass is 16.3. The second-order valence-corrected chi connectivity index (χ2v) is 19.9. The Morgan fingerprint density at radius 2 is 0.780 bits per heavy atom. The fourth-order valence-electron chi connectivity index (χ4n) is 16.1. The van der Waals surface area contributed by atoms with Crippen molar-refractivity contribution >= 4 is 0 Å². The molecule has 222 valence electrons. The first kappa shape index (κ1) is 25.4. The molecule has 0 heterocycles. The van der Waals surface area contributed by atoms with Gasteiger partial charge in [0.25, 0.3) is 0 Å². The molecule has 0 saturated heterocycles. The topological polar surface area (TPSA) is 20.2 Å². The van der Waals surface area contributed by atoms with E-state index in [1.54, 1.807) is 5.56 Å². The molecule has 0 amide bonds. The van der Waals surface area contributed by atoms with Crippen LogP contribution in [0.5, 0.6) is 5.75 Å². The van der Waals surface area contributed by atoms with E-state index < -0.39 is 0 Å². The van der Waals surface area contributed by atoms with Crippen molar-refractivity contribution in [3.63, 3.8) is 0 Å². The van der Waals surface area contributed by atoms with Gasteiger partial charge in [-0.05, 0) is 202 Å². The molecule has 1 nitrogen and oxygen atoms in total. The largest absolute Gasteiger partial charge is 0.507 e. The Morgan fingerprint density at radius 3 is 1.10 bits per heavy atom. The minimum atomic E-state index is -0.0158. The summed E-state index contributed by atoms with van der Waals surface area (Å²) in [4.78, 5) is 0. The molecular formula is C40H56O. The highest BCUT2D eigenvalue weighted by Crippen LogP contribution is 2.69. The molecular weight excluding hydrogens is 496 g/mol. The van der Waals surface area contributed by atoms with E-state index in [-0.39, 0.29) is 10.8 Å². The van der Waals surface area contributed by atoms with Crippen molar-refractivity contribution in [2.45, 2.75) is 158 Å². The van der Waals surface area contributed by atoms with E-state index in [2.05, 4.69) is 26.8 Å². The molecule has 0 aliphatic heterocycles. The molecule has 1 N–H and O–H groups in total. The summed E-state index contributed by atoms with van der Waals surface area (Å²) in [5.74, 6) is 9.33. The van der Waals surface area contributed by atoms with E-state index >= 15 is 0 Å². The van der Waals surface area contributed by atoms with E-state index in [9.17, 15) is 5.11 Å². The standard InChI is InChI=1S/C40H56O/c1-37(2,3)35-34(40-20-29-10-30(21-40)12-31(11-29)22-40)32(38-14-23-4-24(15-38)6-25(5-23)16-38)13-33(36(35)41)39-17-26-7-27(18-39)9-28(8-26)19-39/h13,23-31,41H,4-12,14-22H2,1-3H3. The molecule has 12 fully saturated rings. The van der Waals surface area contributed by atoms with Gasteiger partial charge in [-0.1, -0.05) is 26.8 Å². The summed E-state index contributed by atoms with van der Waals surface area (Å²) in [7, 11) is 0. The number of hydrogen-bond acceptors (Lipinski definition) is 1. The van der Waals surface area contributed by atoms with Crippen LogP contribution in [0.4, 0.5) is 0 Å². The Labute approximate surface area is 250 Å². The van der Waals surface area contributed by atoms with Gasteiger partial charge in [-0.3, -0.25) is 0 Å². The number of phenols is 1. The Bertz CT molecular complexity index is 1180. The van der Waals surface area contributed by atoms with Crippen molar-refractivity contribution in [2.75, 3.05) is 0 Å². The zero-order chi connectivity index (χ0) is 27.5. The van der Waals surface area contributed by atoms with Gasteiger partial charge in [0.1, 0.15) is 5.75 Å². The quantitative estimate of drug-likeness (QED) is 0.395. The summed E-state index contributed by atoms with van der Waals surface area (Å²) in [5, 5.41) is 12.9. The fraction of sp³-hybridized carbons (Fsp3) is 0.850. The second-order valence-electron chi connectivity index (χ2n) is 19.9.